The molecular formula is C14H17N3O6S3. The van der Waals surface area contributed by atoms with E-state index in [0.717, 1.165) is 21.7 Å². The molecule has 0 aliphatic carbocycles. The third-order valence-electron chi connectivity index (χ3n) is 3.50. The van der Waals surface area contributed by atoms with Crippen LogP contribution < -0.4 is 4.72 Å². The van der Waals surface area contributed by atoms with Crippen LogP contribution in [0.4, 0.5) is 5.69 Å². The summed E-state index contributed by atoms with van der Waals surface area (Å²) in [4.78, 5) is 10.6. The van der Waals surface area contributed by atoms with E-state index in [1.807, 2.05) is 0 Å². The Balaban J connectivity index is 2.21. The first-order valence-corrected chi connectivity index (χ1v) is 10.9. The van der Waals surface area contributed by atoms with Crippen LogP contribution in [0.25, 0.3) is 0 Å². The maximum absolute atomic E-state index is 12.3. The predicted octanol–water partition coefficient (Wildman–Crippen LogP) is 1.69. The summed E-state index contributed by atoms with van der Waals surface area (Å²) in [6, 6.07) is 6.55. The first-order chi connectivity index (χ1) is 11.9. The van der Waals surface area contributed by atoms with Gasteiger partial charge in [0.05, 0.1) is 9.82 Å². The molecule has 1 aromatic carbocycles. The summed E-state index contributed by atoms with van der Waals surface area (Å²) in [5.74, 6) is 0. The summed E-state index contributed by atoms with van der Waals surface area (Å²) < 4.78 is 52.3. The minimum Gasteiger partial charge on any atom is -0.258 e. The number of hydrogen-bond donors (Lipinski definition) is 1. The smallest absolute Gasteiger partial charge is 0.258 e. The molecule has 0 unspecified atom stereocenters. The fourth-order valence-corrected chi connectivity index (χ4v) is 5.56. The molecule has 26 heavy (non-hydrogen) atoms. The summed E-state index contributed by atoms with van der Waals surface area (Å²) in [5.41, 5.74) is 0.0640. The van der Waals surface area contributed by atoms with Gasteiger partial charge in [-0.05, 0) is 25.1 Å². The van der Waals surface area contributed by atoms with E-state index in [-0.39, 0.29) is 21.3 Å². The number of nitrogens with zero attached hydrogens (tertiary/aromatic N) is 2. The van der Waals surface area contributed by atoms with Crippen LogP contribution in [0.2, 0.25) is 0 Å². The van der Waals surface area contributed by atoms with E-state index >= 15 is 0 Å². The van der Waals surface area contributed by atoms with Crippen molar-refractivity contribution in [2.24, 2.45) is 0 Å². The third-order valence-corrected chi connectivity index (χ3v) is 8.26. The van der Waals surface area contributed by atoms with Gasteiger partial charge in [0.1, 0.15) is 4.21 Å². The van der Waals surface area contributed by atoms with Crippen molar-refractivity contribution >= 4 is 37.1 Å². The molecule has 142 valence electrons. The van der Waals surface area contributed by atoms with Crippen LogP contribution >= 0.6 is 11.3 Å². The lowest BCUT2D eigenvalue weighted by Gasteiger charge is -2.08. The summed E-state index contributed by atoms with van der Waals surface area (Å²) >= 11 is 0.950. The second-order valence-corrected chi connectivity index (χ2v) is 10.9. The average molecular weight is 420 g/mol. The number of aryl methyl sites for hydroxylation is 1. The van der Waals surface area contributed by atoms with Gasteiger partial charge in [-0.25, -0.2) is 25.9 Å². The van der Waals surface area contributed by atoms with Gasteiger partial charge in [0.25, 0.3) is 15.7 Å². The number of thiophene rings is 1. The molecule has 0 atom stereocenters. The number of rotatable bonds is 7. The van der Waals surface area contributed by atoms with Gasteiger partial charge in [-0.1, -0.05) is 6.07 Å². The van der Waals surface area contributed by atoms with Crippen LogP contribution in [0.3, 0.4) is 0 Å². The highest BCUT2D eigenvalue weighted by Gasteiger charge is 2.22. The van der Waals surface area contributed by atoms with Crippen LogP contribution in [0.15, 0.2) is 39.4 Å². The lowest BCUT2D eigenvalue weighted by molar-refractivity contribution is -0.385. The van der Waals surface area contributed by atoms with Gasteiger partial charge < -0.3 is 0 Å². The highest BCUT2D eigenvalue weighted by Crippen LogP contribution is 2.25. The van der Waals surface area contributed by atoms with E-state index < -0.39 is 25.0 Å². The van der Waals surface area contributed by atoms with E-state index in [1.165, 1.54) is 45.3 Å². The largest absolute Gasteiger partial charge is 0.273 e. The zero-order chi connectivity index (χ0) is 19.7. The average Bonchev–Trinajstić information content (AvgIpc) is 3.02. The fraction of sp³-hybridized carbons (Fsp3) is 0.286. The highest BCUT2D eigenvalue weighted by atomic mass is 32.2. The van der Waals surface area contributed by atoms with E-state index in [4.69, 9.17) is 0 Å². The molecule has 1 heterocycles. The first-order valence-electron chi connectivity index (χ1n) is 7.21. The number of nitro benzene ring substituents is 1. The van der Waals surface area contributed by atoms with Crippen molar-refractivity contribution in [3.63, 3.8) is 0 Å². The fourth-order valence-electron chi connectivity index (χ4n) is 1.97. The molecule has 0 aliphatic rings. The molecule has 12 heteroatoms. The number of sulfonamides is 2. The zero-order valence-electron chi connectivity index (χ0n) is 14.2. The molecule has 0 bridgehead atoms. The molecule has 0 saturated heterocycles. The van der Waals surface area contributed by atoms with Gasteiger partial charge >= 0.3 is 0 Å². The third kappa shape index (κ3) is 4.27. The Morgan fingerprint density at radius 3 is 2.38 bits per heavy atom. The maximum atomic E-state index is 12.3. The predicted molar refractivity (Wildman–Crippen MR) is 97.1 cm³/mol. The lowest BCUT2D eigenvalue weighted by Crippen LogP contribution is -2.23. The molecular weight excluding hydrogens is 402 g/mol. The van der Waals surface area contributed by atoms with Crippen molar-refractivity contribution in [2.45, 2.75) is 22.6 Å². The van der Waals surface area contributed by atoms with Crippen molar-refractivity contribution in [3.05, 3.63) is 50.9 Å². The number of benzene rings is 1. The molecule has 9 nitrogen and oxygen atoms in total. The SMILES string of the molecule is Cc1ccc(S(=O)(=O)NCc2ccc(S(=O)(=O)N(C)C)s2)cc1[N+](=O)[O-]. The molecule has 0 fully saturated rings. The summed E-state index contributed by atoms with van der Waals surface area (Å²) in [6.07, 6.45) is 0. The quantitative estimate of drug-likeness (QED) is 0.537. The van der Waals surface area contributed by atoms with Crippen molar-refractivity contribution in [2.75, 3.05) is 14.1 Å². The highest BCUT2D eigenvalue weighted by molar-refractivity contribution is 7.91. The molecule has 1 N–H and O–H groups in total. The van der Waals surface area contributed by atoms with E-state index in [2.05, 4.69) is 4.72 Å². The molecule has 0 amide bonds. The number of nitrogens with one attached hydrogen (secondary N) is 1. The molecule has 1 aromatic heterocycles. The second kappa shape index (κ2) is 7.40. The van der Waals surface area contributed by atoms with Crippen molar-refractivity contribution in [1.29, 1.82) is 0 Å². The summed E-state index contributed by atoms with van der Waals surface area (Å²) in [5, 5.41) is 11.0. The van der Waals surface area contributed by atoms with Crippen LogP contribution in [0, 0.1) is 17.0 Å². The second-order valence-electron chi connectivity index (χ2n) is 5.54. The van der Waals surface area contributed by atoms with Crippen LogP contribution in [0.1, 0.15) is 10.4 Å². The van der Waals surface area contributed by atoms with Gasteiger partial charge in [-0.15, -0.1) is 11.3 Å². The Bertz CT molecular complexity index is 1040. The molecule has 0 saturated carbocycles. The Kier molecular flexibility index (Phi) is 5.82. The minimum absolute atomic E-state index is 0.0997. The van der Waals surface area contributed by atoms with E-state index in [0.29, 0.717) is 10.4 Å². The van der Waals surface area contributed by atoms with Crippen LogP contribution in [-0.4, -0.2) is 40.2 Å². The normalized spacial score (nSPS) is 12.5. The Morgan fingerprint density at radius 2 is 1.81 bits per heavy atom. The van der Waals surface area contributed by atoms with Gasteiger partial charge in [0, 0.05) is 37.1 Å². The Labute approximate surface area is 155 Å². The monoisotopic (exact) mass is 419 g/mol. The summed E-state index contributed by atoms with van der Waals surface area (Å²) in [7, 11) is -4.75. The van der Waals surface area contributed by atoms with Gasteiger partial charge in [0.2, 0.25) is 10.0 Å². The lowest BCUT2D eigenvalue weighted by atomic mass is 10.2. The van der Waals surface area contributed by atoms with Crippen molar-refractivity contribution in [1.82, 2.24) is 9.03 Å². The van der Waals surface area contributed by atoms with E-state index in [1.54, 1.807) is 0 Å². The molecule has 2 aromatic rings. The maximum Gasteiger partial charge on any atom is 0.273 e. The van der Waals surface area contributed by atoms with Gasteiger partial charge in [0.15, 0.2) is 0 Å². The molecule has 2 rings (SSSR count). The van der Waals surface area contributed by atoms with Gasteiger partial charge in [-0.2, -0.15) is 0 Å². The topological polar surface area (TPSA) is 127 Å². The summed E-state index contributed by atoms with van der Waals surface area (Å²) in [6.45, 7) is 1.39. The van der Waals surface area contributed by atoms with Gasteiger partial charge in [-0.3, -0.25) is 10.1 Å². The number of hydrogen-bond acceptors (Lipinski definition) is 7. The van der Waals surface area contributed by atoms with Crippen molar-refractivity contribution in [3.8, 4) is 0 Å². The zero-order valence-corrected chi connectivity index (χ0v) is 16.6. The standard InChI is InChI=1S/C14H17N3O6S3/c1-10-4-6-12(8-13(10)17(18)19)25(20,21)15-9-11-5-7-14(24-11)26(22,23)16(2)3/h4-8,15H,9H2,1-3H3. The Morgan fingerprint density at radius 1 is 1.15 bits per heavy atom. The van der Waals surface area contributed by atoms with E-state index in [9.17, 15) is 26.9 Å². The Hall–Kier alpha value is -1.86. The first kappa shape index (κ1) is 20.5. The van der Waals surface area contributed by atoms with Crippen molar-refractivity contribution < 1.29 is 21.8 Å². The molecule has 0 aliphatic heterocycles. The van der Waals surface area contributed by atoms with Crippen LogP contribution in [0.5, 0.6) is 0 Å². The molecule has 0 spiro atoms. The number of nitro groups is 1. The minimum atomic E-state index is -3.98. The van der Waals surface area contributed by atoms with Crippen LogP contribution in [-0.2, 0) is 26.6 Å². The molecule has 0 radical (unpaired) electrons.